The van der Waals surface area contributed by atoms with Crippen molar-refractivity contribution >= 4 is 27.7 Å². The molecule has 1 aromatic rings. The van der Waals surface area contributed by atoms with E-state index in [1.807, 2.05) is 6.92 Å². The summed E-state index contributed by atoms with van der Waals surface area (Å²) in [7, 11) is 1.77. The Bertz CT molecular complexity index is 363. The number of aryl methyl sites for hydroxylation is 1. The monoisotopic (exact) mass is 286 g/mol. The zero-order valence-electron chi connectivity index (χ0n) is 9.62. The average molecular weight is 287 g/mol. The molecule has 0 aromatic carbocycles. The Balaban J connectivity index is 2.58. The zero-order valence-corrected chi connectivity index (χ0v) is 11.2. The third-order valence-electron chi connectivity index (χ3n) is 2.13. The summed E-state index contributed by atoms with van der Waals surface area (Å²) in [5.74, 6) is 1.35. The number of carbonyl (C=O) groups excluding carboxylic acids is 1. The van der Waals surface area contributed by atoms with E-state index < -0.39 is 0 Å². The number of carbonyl (C=O) groups is 1. The molecular weight excluding hydrogens is 272 g/mol. The van der Waals surface area contributed by atoms with Crippen LogP contribution in [-0.4, -0.2) is 40.9 Å². The predicted molar refractivity (Wildman–Crippen MR) is 66.3 cm³/mol. The van der Waals surface area contributed by atoms with Gasteiger partial charge in [-0.15, -0.1) is 0 Å². The molecule has 0 bridgehead atoms. The van der Waals surface area contributed by atoms with Crippen LogP contribution in [0.25, 0.3) is 0 Å². The van der Waals surface area contributed by atoms with Gasteiger partial charge in [-0.2, -0.15) is 0 Å². The first kappa shape index (κ1) is 12.9. The Kier molecular flexibility index (Phi) is 4.67. The second-order valence-electron chi connectivity index (χ2n) is 3.38. The Morgan fingerprint density at radius 3 is 2.81 bits per heavy atom. The number of rotatable bonds is 4. The van der Waals surface area contributed by atoms with Gasteiger partial charge >= 0.3 is 0 Å². The molecule has 16 heavy (non-hydrogen) atoms. The number of likely N-dealkylation sites (N-methyl/N-ethyl adjacent to an activating group) is 1. The lowest BCUT2D eigenvalue weighted by Gasteiger charge is -2.15. The summed E-state index contributed by atoms with van der Waals surface area (Å²) >= 11 is 3.28. The number of anilines is 1. The van der Waals surface area contributed by atoms with Crippen molar-refractivity contribution in [2.24, 2.45) is 0 Å². The third kappa shape index (κ3) is 3.77. The number of aromatic nitrogens is 2. The highest BCUT2D eigenvalue weighted by Crippen LogP contribution is 2.11. The molecule has 0 radical (unpaired) electrons. The van der Waals surface area contributed by atoms with Gasteiger partial charge in [0, 0.05) is 19.7 Å². The molecule has 0 saturated carbocycles. The van der Waals surface area contributed by atoms with E-state index in [4.69, 9.17) is 0 Å². The molecule has 0 fully saturated rings. The Morgan fingerprint density at radius 2 is 2.25 bits per heavy atom. The van der Waals surface area contributed by atoms with Crippen LogP contribution < -0.4 is 5.32 Å². The number of nitrogens with one attached hydrogen (secondary N) is 1. The van der Waals surface area contributed by atoms with Crippen LogP contribution in [0.4, 0.5) is 5.82 Å². The van der Waals surface area contributed by atoms with E-state index in [1.54, 1.807) is 24.9 Å². The fourth-order valence-corrected chi connectivity index (χ4v) is 1.57. The van der Waals surface area contributed by atoms with Crippen molar-refractivity contribution in [3.05, 3.63) is 16.5 Å². The summed E-state index contributed by atoms with van der Waals surface area (Å²) in [6, 6.07) is 1.74. The summed E-state index contributed by atoms with van der Waals surface area (Å²) in [6.45, 7) is 4.68. The lowest BCUT2D eigenvalue weighted by molar-refractivity contribution is -0.127. The molecule has 0 spiro atoms. The molecule has 0 saturated heterocycles. The maximum Gasteiger partial charge on any atom is 0.241 e. The second kappa shape index (κ2) is 5.79. The zero-order chi connectivity index (χ0) is 12.1. The van der Waals surface area contributed by atoms with Crippen LogP contribution in [-0.2, 0) is 4.79 Å². The van der Waals surface area contributed by atoms with Gasteiger partial charge in [-0.05, 0) is 29.8 Å². The number of hydrogen-bond donors (Lipinski definition) is 1. The number of nitrogens with zero attached hydrogens (tertiary/aromatic N) is 3. The molecule has 0 aliphatic rings. The first-order valence-electron chi connectivity index (χ1n) is 5.02. The van der Waals surface area contributed by atoms with Gasteiger partial charge in [-0.25, -0.2) is 9.97 Å². The van der Waals surface area contributed by atoms with Crippen LogP contribution in [0.5, 0.6) is 0 Å². The van der Waals surface area contributed by atoms with E-state index >= 15 is 0 Å². The Labute approximate surface area is 103 Å². The third-order valence-corrected chi connectivity index (χ3v) is 2.53. The molecule has 88 valence electrons. The molecule has 1 heterocycles. The summed E-state index contributed by atoms with van der Waals surface area (Å²) in [4.78, 5) is 21.4. The first-order chi connectivity index (χ1) is 7.52. The summed E-state index contributed by atoms with van der Waals surface area (Å²) in [6.07, 6.45) is 0. The average Bonchev–Trinajstić information content (AvgIpc) is 2.23. The van der Waals surface area contributed by atoms with Crippen LogP contribution in [0, 0.1) is 6.92 Å². The molecule has 1 rings (SSSR count). The van der Waals surface area contributed by atoms with Gasteiger partial charge in [-0.1, -0.05) is 0 Å². The highest BCUT2D eigenvalue weighted by molar-refractivity contribution is 9.10. The second-order valence-corrected chi connectivity index (χ2v) is 4.20. The fraction of sp³-hybridized carbons (Fsp3) is 0.500. The van der Waals surface area contributed by atoms with E-state index in [0.29, 0.717) is 22.8 Å². The Morgan fingerprint density at radius 1 is 1.56 bits per heavy atom. The van der Waals surface area contributed by atoms with E-state index in [9.17, 15) is 4.79 Å². The van der Waals surface area contributed by atoms with Crippen molar-refractivity contribution in [1.82, 2.24) is 14.9 Å². The molecule has 1 aromatic heterocycles. The SMILES string of the molecule is CCN(C)C(=O)CNc1cc(Br)nc(C)n1. The van der Waals surface area contributed by atoms with E-state index in [0.717, 1.165) is 0 Å². The molecular formula is C10H15BrN4O. The molecule has 1 amide bonds. The molecule has 0 aliphatic heterocycles. The van der Waals surface area contributed by atoms with E-state index in [2.05, 4.69) is 31.2 Å². The molecule has 6 heteroatoms. The molecule has 0 atom stereocenters. The van der Waals surface area contributed by atoms with Gasteiger partial charge in [-0.3, -0.25) is 4.79 Å². The lowest BCUT2D eigenvalue weighted by atomic mass is 10.4. The maximum atomic E-state index is 11.5. The van der Waals surface area contributed by atoms with Crippen molar-refractivity contribution in [2.45, 2.75) is 13.8 Å². The van der Waals surface area contributed by atoms with Gasteiger partial charge < -0.3 is 10.2 Å². The maximum absolute atomic E-state index is 11.5. The predicted octanol–water partition coefficient (Wildman–Crippen LogP) is 1.44. The van der Waals surface area contributed by atoms with Crippen LogP contribution in [0.2, 0.25) is 0 Å². The number of amides is 1. The largest absolute Gasteiger partial charge is 0.361 e. The minimum absolute atomic E-state index is 0.0369. The van der Waals surface area contributed by atoms with Gasteiger partial charge in [0.15, 0.2) is 0 Å². The minimum atomic E-state index is 0.0369. The van der Waals surface area contributed by atoms with Crippen LogP contribution in [0.15, 0.2) is 10.7 Å². The highest BCUT2D eigenvalue weighted by Gasteiger charge is 2.06. The first-order valence-corrected chi connectivity index (χ1v) is 5.81. The van der Waals surface area contributed by atoms with Crippen LogP contribution in [0.1, 0.15) is 12.7 Å². The molecule has 0 unspecified atom stereocenters. The van der Waals surface area contributed by atoms with E-state index in [-0.39, 0.29) is 12.5 Å². The summed E-state index contributed by atoms with van der Waals surface area (Å²) in [5, 5.41) is 2.97. The van der Waals surface area contributed by atoms with Crippen molar-refractivity contribution in [1.29, 1.82) is 0 Å². The standard InChI is InChI=1S/C10H15BrN4O/c1-4-15(3)10(16)6-12-9-5-8(11)13-7(2)14-9/h5H,4,6H2,1-3H3,(H,12,13,14). The lowest BCUT2D eigenvalue weighted by Crippen LogP contribution is -2.32. The van der Waals surface area contributed by atoms with Crippen molar-refractivity contribution in [3.8, 4) is 0 Å². The normalized spacial score (nSPS) is 10.0. The summed E-state index contributed by atoms with van der Waals surface area (Å²) in [5.41, 5.74) is 0. The molecule has 5 nitrogen and oxygen atoms in total. The minimum Gasteiger partial charge on any atom is -0.361 e. The molecule has 1 N–H and O–H groups in total. The van der Waals surface area contributed by atoms with Crippen molar-refractivity contribution in [3.63, 3.8) is 0 Å². The number of hydrogen-bond acceptors (Lipinski definition) is 4. The van der Waals surface area contributed by atoms with E-state index in [1.165, 1.54) is 0 Å². The fourth-order valence-electron chi connectivity index (χ4n) is 1.10. The van der Waals surface area contributed by atoms with Crippen molar-refractivity contribution in [2.75, 3.05) is 25.5 Å². The number of halogens is 1. The van der Waals surface area contributed by atoms with Gasteiger partial charge in [0.05, 0.1) is 6.54 Å². The highest BCUT2D eigenvalue weighted by atomic mass is 79.9. The molecule has 0 aliphatic carbocycles. The van der Waals surface area contributed by atoms with Gasteiger partial charge in [0.1, 0.15) is 16.2 Å². The van der Waals surface area contributed by atoms with Crippen molar-refractivity contribution < 1.29 is 4.79 Å². The van der Waals surface area contributed by atoms with Gasteiger partial charge in [0.2, 0.25) is 5.91 Å². The Hall–Kier alpha value is -1.17. The van der Waals surface area contributed by atoms with Crippen LogP contribution >= 0.6 is 15.9 Å². The summed E-state index contributed by atoms with van der Waals surface area (Å²) < 4.78 is 0.707. The quantitative estimate of drug-likeness (QED) is 0.851. The smallest absolute Gasteiger partial charge is 0.241 e. The van der Waals surface area contributed by atoms with Crippen LogP contribution in [0.3, 0.4) is 0 Å². The van der Waals surface area contributed by atoms with Gasteiger partial charge in [0.25, 0.3) is 0 Å². The topological polar surface area (TPSA) is 58.1 Å².